The van der Waals surface area contributed by atoms with Crippen LogP contribution in [-0.2, 0) is 11.3 Å². The van der Waals surface area contributed by atoms with E-state index in [1.807, 2.05) is 48.9 Å². The van der Waals surface area contributed by atoms with Crippen LogP contribution in [0.4, 0.5) is 0 Å². The number of hydrazone groups is 1. The molecule has 0 bridgehead atoms. The lowest BCUT2D eigenvalue weighted by molar-refractivity contribution is -0.123. The number of nitrogens with zero attached hydrogens (tertiary/aromatic N) is 4. The number of carbonyl (C=O) groups is 1. The van der Waals surface area contributed by atoms with Crippen molar-refractivity contribution < 1.29 is 9.53 Å². The minimum absolute atomic E-state index is 0.250. The first kappa shape index (κ1) is 21.1. The minimum Gasteiger partial charge on any atom is -0.482 e. The molecule has 1 amide bonds. The third-order valence-electron chi connectivity index (χ3n) is 4.46. The molecule has 3 aromatic rings. The SMILES string of the molecule is Cc1nn(Cc2ccccc2Cl)c(C)c1/C=N/NC(=O)COc1ccccc1C#N. The second-order valence-electron chi connectivity index (χ2n) is 6.52. The first-order valence-electron chi connectivity index (χ1n) is 9.21. The molecule has 0 saturated heterocycles. The van der Waals surface area contributed by atoms with E-state index in [4.69, 9.17) is 21.6 Å². The highest BCUT2D eigenvalue weighted by Crippen LogP contribution is 2.19. The molecule has 30 heavy (non-hydrogen) atoms. The Morgan fingerprint density at radius 3 is 2.77 bits per heavy atom. The number of hydrogen-bond acceptors (Lipinski definition) is 5. The molecule has 1 N–H and O–H groups in total. The molecule has 0 atom stereocenters. The molecule has 8 heteroatoms. The van der Waals surface area contributed by atoms with Crippen molar-refractivity contribution in [3.05, 3.63) is 81.6 Å². The van der Waals surface area contributed by atoms with Gasteiger partial charge in [0, 0.05) is 16.3 Å². The van der Waals surface area contributed by atoms with E-state index in [1.54, 1.807) is 30.5 Å². The Labute approximate surface area is 179 Å². The van der Waals surface area contributed by atoms with Gasteiger partial charge in [-0.15, -0.1) is 0 Å². The maximum atomic E-state index is 12.0. The Hall–Kier alpha value is -3.63. The smallest absolute Gasteiger partial charge is 0.277 e. The minimum atomic E-state index is -0.433. The molecule has 0 saturated carbocycles. The third-order valence-corrected chi connectivity index (χ3v) is 4.83. The van der Waals surface area contributed by atoms with E-state index in [9.17, 15) is 4.79 Å². The number of hydrogen-bond donors (Lipinski definition) is 1. The number of halogens is 1. The summed E-state index contributed by atoms with van der Waals surface area (Å²) in [5.41, 5.74) is 6.27. The number of benzene rings is 2. The predicted molar refractivity (Wildman–Crippen MR) is 115 cm³/mol. The summed E-state index contributed by atoms with van der Waals surface area (Å²) in [7, 11) is 0. The van der Waals surface area contributed by atoms with E-state index in [-0.39, 0.29) is 6.61 Å². The average Bonchev–Trinajstić information content (AvgIpc) is 3.01. The van der Waals surface area contributed by atoms with E-state index < -0.39 is 5.91 Å². The van der Waals surface area contributed by atoms with Gasteiger partial charge in [-0.05, 0) is 37.6 Å². The summed E-state index contributed by atoms with van der Waals surface area (Å²) < 4.78 is 7.23. The lowest BCUT2D eigenvalue weighted by Gasteiger charge is -2.07. The van der Waals surface area contributed by atoms with Crippen LogP contribution in [0.15, 0.2) is 53.6 Å². The van der Waals surface area contributed by atoms with Crippen LogP contribution in [-0.4, -0.2) is 28.5 Å². The summed E-state index contributed by atoms with van der Waals surface area (Å²) in [5.74, 6) is -0.0792. The van der Waals surface area contributed by atoms with Gasteiger partial charge in [-0.2, -0.15) is 15.5 Å². The first-order valence-corrected chi connectivity index (χ1v) is 9.58. The normalized spacial score (nSPS) is 10.7. The fourth-order valence-corrected chi connectivity index (χ4v) is 3.06. The molecule has 0 radical (unpaired) electrons. The van der Waals surface area contributed by atoms with Gasteiger partial charge in [0.2, 0.25) is 0 Å². The zero-order valence-electron chi connectivity index (χ0n) is 16.6. The van der Waals surface area contributed by atoms with Crippen LogP contribution in [0.3, 0.4) is 0 Å². The van der Waals surface area contributed by atoms with E-state index in [1.165, 1.54) is 0 Å². The predicted octanol–water partition coefficient (Wildman–Crippen LogP) is 3.60. The zero-order valence-corrected chi connectivity index (χ0v) is 17.3. The molecule has 1 heterocycles. The fourth-order valence-electron chi connectivity index (χ4n) is 2.87. The van der Waals surface area contributed by atoms with Gasteiger partial charge in [-0.1, -0.05) is 41.9 Å². The first-order chi connectivity index (χ1) is 14.5. The summed E-state index contributed by atoms with van der Waals surface area (Å²) in [5, 5.41) is 18.3. The van der Waals surface area contributed by atoms with Gasteiger partial charge < -0.3 is 4.74 Å². The topological polar surface area (TPSA) is 92.3 Å². The summed E-state index contributed by atoms with van der Waals surface area (Å²) in [6.45, 7) is 4.10. The number of nitrogens with one attached hydrogen (secondary N) is 1. The lowest BCUT2D eigenvalue weighted by Crippen LogP contribution is -2.24. The summed E-state index contributed by atoms with van der Waals surface area (Å²) in [6, 6.07) is 16.4. The maximum absolute atomic E-state index is 12.0. The Morgan fingerprint density at radius 1 is 1.27 bits per heavy atom. The van der Waals surface area contributed by atoms with Gasteiger partial charge in [0.25, 0.3) is 5.91 Å². The Morgan fingerprint density at radius 2 is 2.00 bits per heavy atom. The van der Waals surface area contributed by atoms with Crippen molar-refractivity contribution in [3.8, 4) is 11.8 Å². The molecular formula is C22H20ClN5O2. The van der Waals surface area contributed by atoms with Crippen molar-refractivity contribution in [1.29, 1.82) is 5.26 Å². The van der Waals surface area contributed by atoms with Crippen molar-refractivity contribution in [1.82, 2.24) is 15.2 Å². The molecule has 1 aromatic heterocycles. The third kappa shape index (κ3) is 5.04. The average molecular weight is 422 g/mol. The zero-order chi connectivity index (χ0) is 21.5. The van der Waals surface area contributed by atoms with Crippen molar-refractivity contribution in [2.24, 2.45) is 5.10 Å². The van der Waals surface area contributed by atoms with Crippen molar-refractivity contribution >= 4 is 23.7 Å². The second kappa shape index (κ2) is 9.72. The molecule has 2 aromatic carbocycles. The molecule has 0 aliphatic carbocycles. The molecule has 0 fully saturated rings. The summed E-state index contributed by atoms with van der Waals surface area (Å²) >= 11 is 6.24. The van der Waals surface area contributed by atoms with Crippen molar-refractivity contribution in [2.45, 2.75) is 20.4 Å². The standard InChI is InChI=1S/C22H20ClN5O2/c1-15-19(16(2)28(27-15)13-18-8-3-5-9-20(18)23)12-25-26-22(29)14-30-21-10-6-4-7-17(21)11-24/h3-10,12H,13-14H2,1-2H3,(H,26,29)/b25-12+. The number of aryl methyl sites for hydroxylation is 1. The molecular weight excluding hydrogens is 402 g/mol. The number of nitriles is 1. The van der Waals surface area contributed by atoms with Crippen LogP contribution < -0.4 is 10.2 Å². The van der Waals surface area contributed by atoms with Crippen LogP contribution in [0.1, 0.15) is 28.1 Å². The van der Waals surface area contributed by atoms with E-state index in [2.05, 4.69) is 15.6 Å². The molecule has 0 spiro atoms. The largest absolute Gasteiger partial charge is 0.482 e. The summed E-state index contributed by atoms with van der Waals surface area (Å²) in [6.07, 6.45) is 1.56. The van der Waals surface area contributed by atoms with Gasteiger partial charge >= 0.3 is 0 Å². The van der Waals surface area contributed by atoms with Gasteiger partial charge in [0.05, 0.1) is 24.0 Å². The van der Waals surface area contributed by atoms with E-state index >= 15 is 0 Å². The second-order valence-corrected chi connectivity index (χ2v) is 6.93. The van der Waals surface area contributed by atoms with Gasteiger partial charge in [-0.25, -0.2) is 5.43 Å². The van der Waals surface area contributed by atoms with Crippen molar-refractivity contribution in [2.75, 3.05) is 6.61 Å². The van der Waals surface area contributed by atoms with Crippen molar-refractivity contribution in [3.63, 3.8) is 0 Å². The number of carbonyl (C=O) groups excluding carboxylic acids is 1. The molecule has 152 valence electrons. The van der Waals surface area contributed by atoms with E-state index in [0.717, 1.165) is 22.5 Å². The van der Waals surface area contributed by atoms with Crippen LogP contribution >= 0.6 is 11.6 Å². The fraction of sp³-hybridized carbons (Fsp3) is 0.182. The van der Waals surface area contributed by atoms with Crippen LogP contribution in [0.5, 0.6) is 5.75 Å². The monoisotopic (exact) mass is 421 g/mol. The molecule has 0 aliphatic rings. The highest BCUT2D eigenvalue weighted by atomic mass is 35.5. The quantitative estimate of drug-likeness (QED) is 0.466. The lowest BCUT2D eigenvalue weighted by atomic mass is 10.2. The molecule has 3 rings (SSSR count). The molecule has 7 nitrogen and oxygen atoms in total. The number of ether oxygens (including phenoxy) is 1. The number of aromatic nitrogens is 2. The Balaban J connectivity index is 1.61. The molecule has 0 aliphatic heterocycles. The van der Waals surface area contributed by atoms with Gasteiger partial charge in [0.1, 0.15) is 11.8 Å². The summed E-state index contributed by atoms with van der Waals surface area (Å²) in [4.78, 5) is 12.0. The van der Waals surface area contributed by atoms with Crippen LogP contribution in [0.25, 0.3) is 0 Å². The highest BCUT2D eigenvalue weighted by molar-refractivity contribution is 6.31. The van der Waals surface area contributed by atoms with Gasteiger partial charge in [0.15, 0.2) is 6.61 Å². The maximum Gasteiger partial charge on any atom is 0.277 e. The number of amides is 1. The van der Waals surface area contributed by atoms with E-state index in [0.29, 0.717) is 22.9 Å². The van der Waals surface area contributed by atoms with Gasteiger partial charge in [-0.3, -0.25) is 9.48 Å². The Bertz CT molecular complexity index is 1130. The number of rotatable bonds is 7. The van der Waals surface area contributed by atoms with Crippen LogP contribution in [0, 0.1) is 25.2 Å². The Kier molecular flexibility index (Phi) is 6.83. The molecule has 0 unspecified atom stereocenters. The number of para-hydroxylation sites is 1. The van der Waals surface area contributed by atoms with Crippen LogP contribution in [0.2, 0.25) is 5.02 Å². The highest BCUT2D eigenvalue weighted by Gasteiger charge is 2.12.